The summed E-state index contributed by atoms with van der Waals surface area (Å²) in [5.74, 6) is -2.06. The highest BCUT2D eigenvalue weighted by Crippen LogP contribution is 2.38. The Morgan fingerprint density at radius 2 is 2.00 bits per heavy atom. The topological polar surface area (TPSA) is 72.5 Å². The van der Waals surface area contributed by atoms with Crippen LogP contribution >= 0.6 is 31.9 Å². The summed E-state index contributed by atoms with van der Waals surface area (Å²) in [5, 5.41) is 2.36. The van der Waals surface area contributed by atoms with E-state index in [2.05, 4.69) is 41.9 Å². The number of hydrogen-bond donors (Lipinski definition) is 1. The molecule has 7 heteroatoms. The van der Waals surface area contributed by atoms with Gasteiger partial charge < -0.3 is 10.1 Å². The lowest BCUT2D eigenvalue weighted by atomic mass is 10.1. The predicted octanol–water partition coefficient (Wildman–Crippen LogP) is 2.13. The molecule has 0 bridgehead atoms. The average molecular weight is 363 g/mol. The lowest BCUT2D eigenvalue weighted by Gasteiger charge is -2.08. The largest absolute Gasteiger partial charge is 0.465 e. The molecule has 0 atom stereocenters. The summed E-state index contributed by atoms with van der Waals surface area (Å²) >= 11 is 6.39. The van der Waals surface area contributed by atoms with E-state index in [1.54, 1.807) is 0 Å². The van der Waals surface area contributed by atoms with Gasteiger partial charge in [0.15, 0.2) is 0 Å². The Morgan fingerprint density at radius 3 is 2.59 bits per heavy atom. The molecule has 0 fully saturated rings. The number of nitrogens with one attached hydrogen (secondary N) is 1. The van der Waals surface area contributed by atoms with E-state index in [9.17, 15) is 14.4 Å². The summed E-state index contributed by atoms with van der Waals surface area (Å²) in [6, 6.07) is 1.48. The number of carbonyl (C=O) groups is 3. The second kappa shape index (κ2) is 4.23. The van der Waals surface area contributed by atoms with Gasteiger partial charge in [-0.15, -0.1) is 0 Å². The first-order chi connectivity index (χ1) is 7.97. The van der Waals surface area contributed by atoms with Crippen LogP contribution < -0.4 is 5.32 Å². The van der Waals surface area contributed by atoms with Gasteiger partial charge in [0.1, 0.15) is 0 Å². The summed E-state index contributed by atoms with van der Waals surface area (Å²) in [6.45, 7) is 0. The Morgan fingerprint density at radius 1 is 1.35 bits per heavy atom. The van der Waals surface area contributed by atoms with Gasteiger partial charge in [0, 0.05) is 8.95 Å². The molecular formula is C10H5Br2NO4. The van der Waals surface area contributed by atoms with Gasteiger partial charge in [0.05, 0.1) is 23.9 Å². The molecule has 88 valence electrons. The number of ketones is 1. The first-order valence-corrected chi connectivity index (χ1v) is 6.02. The van der Waals surface area contributed by atoms with Gasteiger partial charge in [-0.1, -0.05) is 0 Å². The number of anilines is 1. The lowest BCUT2D eigenvalue weighted by molar-refractivity contribution is -0.112. The Kier molecular flexibility index (Phi) is 3.05. The molecule has 1 aliphatic heterocycles. The second-order valence-corrected chi connectivity index (χ2v) is 4.89. The first kappa shape index (κ1) is 12.3. The molecule has 0 aliphatic carbocycles. The van der Waals surface area contributed by atoms with Crippen LogP contribution in [0.2, 0.25) is 0 Å². The van der Waals surface area contributed by atoms with Crippen LogP contribution in [0.1, 0.15) is 20.7 Å². The quantitative estimate of drug-likeness (QED) is 0.613. The second-order valence-electron chi connectivity index (χ2n) is 3.24. The third-order valence-corrected chi connectivity index (χ3v) is 4.28. The van der Waals surface area contributed by atoms with Crippen LogP contribution in [-0.2, 0) is 9.53 Å². The van der Waals surface area contributed by atoms with Crippen molar-refractivity contribution in [2.75, 3.05) is 12.4 Å². The molecule has 0 saturated carbocycles. The summed E-state index contributed by atoms with van der Waals surface area (Å²) in [4.78, 5) is 34.5. The average Bonchev–Trinajstić information content (AvgIpc) is 2.60. The van der Waals surface area contributed by atoms with Gasteiger partial charge in [-0.2, -0.15) is 0 Å². The molecule has 0 spiro atoms. The van der Waals surface area contributed by atoms with Crippen LogP contribution in [0.15, 0.2) is 15.0 Å². The standard InChI is InChI=1S/C10H5Br2NO4/c1-17-10(16)3-2-4(11)6(12)5-7(3)13-9(15)8(5)14/h2H,1H3,(H,13,14,15). The van der Waals surface area contributed by atoms with Crippen LogP contribution in [0.5, 0.6) is 0 Å². The minimum absolute atomic E-state index is 0.136. The zero-order chi connectivity index (χ0) is 12.7. The van der Waals surface area contributed by atoms with Crippen molar-refractivity contribution in [3.05, 3.63) is 26.1 Å². The third-order valence-electron chi connectivity index (χ3n) is 2.30. The van der Waals surface area contributed by atoms with Crippen LogP contribution in [0.4, 0.5) is 5.69 Å². The van der Waals surface area contributed by atoms with Crippen molar-refractivity contribution in [2.24, 2.45) is 0 Å². The van der Waals surface area contributed by atoms with Gasteiger partial charge in [-0.25, -0.2) is 4.79 Å². The summed E-state index contributed by atoms with van der Waals surface area (Å²) in [7, 11) is 1.23. The number of methoxy groups -OCH3 is 1. The van der Waals surface area contributed by atoms with E-state index >= 15 is 0 Å². The molecule has 1 aromatic rings. The highest BCUT2D eigenvalue weighted by Gasteiger charge is 2.35. The molecule has 1 N–H and O–H groups in total. The van der Waals surface area contributed by atoms with Gasteiger partial charge in [0.25, 0.3) is 11.7 Å². The van der Waals surface area contributed by atoms with Gasteiger partial charge in [-0.3, -0.25) is 9.59 Å². The molecule has 1 aliphatic rings. The number of hydrogen-bond acceptors (Lipinski definition) is 4. The summed E-state index contributed by atoms with van der Waals surface area (Å²) in [6.07, 6.45) is 0. The molecule has 1 heterocycles. The molecule has 1 aromatic carbocycles. The SMILES string of the molecule is COC(=O)c1cc(Br)c(Br)c2c1NC(=O)C2=O. The molecule has 2 rings (SSSR count). The fourth-order valence-electron chi connectivity index (χ4n) is 1.52. The van der Waals surface area contributed by atoms with Crippen LogP contribution in [0, 0.1) is 0 Å². The number of fused-ring (bicyclic) bond motifs is 1. The molecule has 5 nitrogen and oxygen atoms in total. The van der Waals surface area contributed by atoms with E-state index < -0.39 is 17.7 Å². The van der Waals surface area contributed by atoms with Crippen molar-refractivity contribution in [3.63, 3.8) is 0 Å². The Balaban J connectivity index is 2.75. The molecule has 17 heavy (non-hydrogen) atoms. The number of rotatable bonds is 1. The van der Waals surface area contributed by atoms with Crippen LogP contribution in [-0.4, -0.2) is 24.8 Å². The van der Waals surface area contributed by atoms with Crippen molar-refractivity contribution in [1.29, 1.82) is 0 Å². The van der Waals surface area contributed by atoms with Crippen molar-refractivity contribution in [3.8, 4) is 0 Å². The third kappa shape index (κ3) is 1.79. The molecule has 0 saturated heterocycles. The van der Waals surface area contributed by atoms with Gasteiger partial charge >= 0.3 is 5.97 Å². The number of amides is 1. The van der Waals surface area contributed by atoms with Gasteiger partial charge in [0.2, 0.25) is 0 Å². The van der Waals surface area contributed by atoms with E-state index in [1.807, 2.05) is 0 Å². The fraction of sp³-hybridized carbons (Fsp3) is 0.100. The monoisotopic (exact) mass is 361 g/mol. The number of benzene rings is 1. The Hall–Kier alpha value is -1.21. The highest BCUT2D eigenvalue weighted by molar-refractivity contribution is 9.13. The number of Topliss-reactive ketones (excluding diaryl/α,β-unsaturated/α-hetero) is 1. The molecule has 0 radical (unpaired) electrons. The molecule has 0 aromatic heterocycles. The summed E-state index contributed by atoms with van der Waals surface area (Å²) < 4.78 is 5.52. The number of halogens is 2. The van der Waals surface area contributed by atoms with Crippen LogP contribution in [0.25, 0.3) is 0 Å². The highest BCUT2D eigenvalue weighted by atomic mass is 79.9. The van der Waals surface area contributed by atoms with E-state index in [0.29, 0.717) is 8.95 Å². The van der Waals surface area contributed by atoms with E-state index in [-0.39, 0.29) is 16.8 Å². The maximum Gasteiger partial charge on any atom is 0.340 e. The van der Waals surface area contributed by atoms with E-state index in [0.717, 1.165) is 0 Å². The maximum absolute atomic E-state index is 11.6. The van der Waals surface area contributed by atoms with Crippen molar-refractivity contribution in [2.45, 2.75) is 0 Å². The Labute approximate surface area is 113 Å². The molecular weight excluding hydrogens is 358 g/mol. The zero-order valence-corrected chi connectivity index (χ0v) is 11.6. The minimum Gasteiger partial charge on any atom is -0.465 e. The van der Waals surface area contributed by atoms with Gasteiger partial charge in [-0.05, 0) is 37.9 Å². The fourth-order valence-corrected chi connectivity index (χ4v) is 2.44. The zero-order valence-electron chi connectivity index (χ0n) is 8.47. The number of carbonyl (C=O) groups excluding carboxylic acids is 3. The first-order valence-electron chi connectivity index (χ1n) is 4.43. The molecule has 0 unspecified atom stereocenters. The van der Waals surface area contributed by atoms with E-state index in [1.165, 1.54) is 13.2 Å². The number of esters is 1. The molecule has 1 amide bonds. The predicted molar refractivity (Wildman–Crippen MR) is 66.1 cm³/mol. The smallest absolute Gasteiger partial charge is 0.340 e. The van der Waals surface area contributed by atoms with Crippen LogP contribution in [0.3, 0.4) is 0 Å². The number of ether oxygens (including phenoxy) is 1. The van der Waals surface area contributed by atoms with Crippen molar-refractivity contribution in [1.82, 2.24) is 0 Å². The summed E-state index contributed by atoms with van der Waals surface area (Å²) in [5.41, 5.74) is 0.462. The Bertz CT molecular complexity index is 568. The lowest BCUT2D eigenvalue weighted by Crippen LogP contribution is -2.13. The van der Waals surface area contributed by atoms with Crippen molar-refractivity contribution >= 4 is 55.2 Å². The van der Waals surface area contributed by atoms with E-state index in [4.69, 9.17) is 0 Å². The minimum atomic E-state index is -0.760. The maximum atomic E-state index is 11.6. The van der Waals surface area contributed by atoms with Crippen molar-refractivity contribution < 1.29 is 19.1 Å². The normalized spacial score (nSPS) is 13.4.